The van der Waals surface area contributed by atoms with Crippen LogP contribution in [0.25, 0.3) is 0 Å². The van der Waals surface area contributed by atoms with Crippen molar-refractivity contribution in [3.05, 3.63) is 0 Å². The van der Waals surface area contributed by atoms with Crippen LogP contribution < -0.4 is 0 Å². The van der Waals surface area contributed by atoms with Crippen molar-refractivity contribution >= 4 is 15.2 Å². The quantitative estimate of drug-likeness (QED) is 0.114. The van der Waals surface area contributed by atoms with Gasteiger partial charge in [0.2, 0.25) is 0 Å². The van der Waals surface area contributed by atoms with E-state index in [0.717, 1.165) is 35.5 Å². The summed E-state index contributed by atoms with van der Waals surface area (Å²) in [5.41, 5.74) is 0. The molecule has 0 bridgehead atoms. The first-order valence-corrected chi connectivity index (χ1v) is 16.5. The molecule has 0 radical (unpaired) electrons. The molecule has 0 aliphatic rings. The SMILES string of the molecule is CCCCCC(CC)C(CC)C(CC)[CH2][Al+][CH2]C(CC)C(CC)C(CC)CCCCC. The maximum atomic E-state index is 2.48. The molecule has 6 unspecified atom stereocenters. The Morgan fingerprint density at radius 3 is 1.03 bits per heavy atom. The van der Waals surface area contributed by atoms with Crippen LogP contribution in [0.5, 0.6) is 0 Å². The maximum absolute atomic E-state index is 2.48. The Bertz CT molecular complexity index is 331. The molecular weight excluding hydrogens is 387 g/mol. The van der Waals surface area contributed by atoms with Crippen LogP contribution in [0.1, 0.15) is 145 Å². The first-order chi connectivity index (χ1) is 15.1. The Morgan fingerprint density at radius 1 is 0.419 bits per heavy atom. The molecule has 0 heterocycles. The topological polar surface area (TPSA) is 0 Å². The molecule has 1 heteroatoms. The van der Waals surface area contributed by atoms with Crippen molar-refractivity contribution in [1.29, 1.82) is 0 Å². The van der Waals surface area contributed by atoms with Crippen LogP contribution >= 0.6 is 0 Å². The molecule has 0 aromatic carbocycles. The van der Waals surface area contributed by atoms with Gasteiger partial charge in [-0.05, 0) is 0 Å². The summed E-state index contributed by atoms with van der Waals surface area (Å²) >= 11 is 0.628. The molecule has 0 saturated carbocycles. The van der Waals surface area contributed by atoms with Crippen LogP contribution in [0.2, 0.25) is 10.6 Å². The molecule has 0 saturated heterocycles. The van der Waals surface area contributed by atoms with E-state index in [1.807, 2.05) is 0 Å². The van der Waals surface area contributed by atoms with Crippen molar-refractivity contribution < 1.29 is 0 Å². The Morgan fingerprint density at radius 2 is 0.774 bits per heavy atom. The second-order valence-electron chi connectivity index (χ2n) is 10.6. The van der Waals surface area contributed by atoms with Gasteiger partial charge in [0, 0.05) is 0 Å². The van der Waals surface area contributed by atoms with E-state index in [0.29, 0.717) is 15.2 Å². The van der Waals surface area contributed by atoms with Gasteiger partial charge in [-0.1, -0.05) is 0 Å². The third kappa shape index (κ3) is 12.5. The summed E-state index contributed by atoms with van der Waals surface area (Å²) in [6.45, 7) is 19.5. The molecule has 0 nitrogen and oxygen atoms in total. The van der Waals surface area contributed by atoms with Gasteiger partial charge in [-0.2, -0.15) is 0 Å². The van der Waals surface area contributed by atoms with E-state index >= 15 is 0 Å². The molecule has 31 heavy (non-hydrogen) atoms. The average Bonchev–Trinajstić information content (AvgIpc) is 2.80. The van der Waals surface area contributed by atoms with Gasteiger partial charge < -0.3 is 0 Å². The van der Waals surface area contributed by atoms with Crippen molar-refractivity contribution in [2.24, 2.45) is 35.5 Å². The Labute approximate surface area is 206 Å². The van der Waals surface area contributed by atoms with Crippen molar-refractivity contribution in [3.8, 4) is 0 Å². The first kappa shape index (κ1) is 31.5. The van der Waals surface area contributed by atoms with E-state index in [1.165, 1.54) is 89.9 Å². The van der Waals surface area contributed by atoms with Crippen LogP contribution in [0.4, 0.5) is 0 Å². The van der Waals surface area contributed by atoms with Gasteiger partial charge in [-0.3, -0.25) is 0 Å². The minimum atomic E-state index is 0.628. The van der Waals surface area contributed by atoms with Gasteiger partial charge in [0.05, 0.1) is 0 Å². The average molecular weight is 450 g/mol. The predicted molar refractivity (Wildman–Crippen MR) is 146 cm³/mol. The fraction of sp³-hybridized carbons (Fsp3) is 1.00. The molecule has 6 atom stereocenters. The molecule has 184 valence electrons. The summed E-state index contributed by atoms with van der Waals surface area (Å²) in [6.07, 6.45) is 19.9. The van der Waals surface area contributed by atoms with Gasteiger partial charge in [0.25, 0.3) is 0 Å². The monoisotopic (exact) mass is 449 g/mol. The summed E-state index contributed by atoms with van der Waals surface area (Å²) in [7, 11) is 0. The Hall–Kier alpha value is 0.532. The van der Waals surface area contributed by atoms with E-state index in [2.05, 4.69) is 55.4 Å². The molecule has 0 aliphatic heterocycles. The van der Waals surface area contributed by atoms with Crippen molar-refractivity contribution in [3.63, 3.8) is 0 Å². The van der Waals surface area contributed by atoms with E-state index in [1.54, 1.807) is 10.6 Å². The van der Waals surface area contributed by atoms with Gasteiger partial charge in [-0.15, -0.1) is 0 Å². The second-order valence-corrected chi connectivity index (χ2v) is 12.1. The summed E-state index contributed by atoms with van der Waals surface area (Å²) in [5, 5.41) is 3.14. The normalized spacial score (nSPS) is 17.5. The summed E-state index contributed by atoms with van der Waals surface area (Å²) in [5.74, 6) is 5.92. The van der Waals surface area contributed by atoms with Crippen molar-refractivity contribution in [1.82, 2.24) is 0 Å². The second kappa shape index (κ2) is 21.1. The molecule has 0 N–H and O–H groups in total. The molecule has 0 aromatic heterocycles. The number of hydrogen-bond acceptors (Lipinski definition) is 0. The molecule has 0 spiro atoms. The Balaban J connectivity index is 4.87. The molecular formula is C30H62Al+. The van der Waals surface area contributed by atoms with E-state index in [4.69, 9.17) is 0 Å². The van der Waals surface area contributed by atoms with Crippen LogP contribution in [0, 0.1) is 35.5 Å². The van der Waals surface area contributed by atoms with E-state index in [9.17, 15) is 0 Å². The number of unbranched alkanes of at least 4 members (excludes halogenated alkanes) is 4. The third-order valence-electron chi connectivity index (χ3n) is 8.76. The van der Waals surface area contributed by atoms with Gasteiger partial charge in [0.15, 0.2) is 0 Å². The van der Waals surface area contributed by atoms with Gasteiger partial charge >= 0.3 is 207 Å². The molecule has 0 aliphatic carbocycles. The summed E-state index contributed by atoms with van der Waals surface area (Å²) < 4.78 is 0. The molecule has 0 rings (SSSR count). The van der Waals surface area contributed by atoms with Crippen LogP contribution in [0.15, 0.2) is 0 Å². The first-order valence-electron chi connectivity index (χ1n) is 14.9. The number of rotatable bonds is 22. The minimum absolute atomic E-state index is 0.628. The zero-order valence-electron chi connectivity index (χ0n) is 23.4. The van der Waals surface area contributed by atoms with Crippen LogP contribution in [-0.2, 0) is 0 Å². The van der Waals surface area contributed by atoms with Gasteiger partial charge in [-0.25, -0.2) is 0 Å². The van der Waals surface area contributed by atoms with Crippen molar-refractivity contribution in [2.75, 3.05) is 0 Å². The van der Waals surface area contributed by atoms with E-state index < -0.39 is 0 Å². The Kier molecular flexibility index (Phi) is 21.5. The fourth-order valence-corrected chi connectivity index (χ4v) is 9.09. The zero-order chi connectivity index (χ0) is 23.5. The van der Waals surface area contributed by atoms with Crippen molar-refractivity contribution in [2.45, 2.75) is 156 Å². The third-order valence-corrected chi connectivity index (χ3v) is 10.6. The molecule has 0 aromatic rings. The zero-order valence-corrected chi connectivity index (χ0v) is 24.5. The van der Waals surface area contributed by atoms with Crippen LogP contribution in [0.3, 0.4) is 0 Å². The summed E-state index contributed by atoms with van der Waals surface area (Å²) in [6, 6.07) is 0. The standard InChI is InChI=1S/2C15H31.Al/c2*1-6-10-11-12-14(8-3)15(9-4)13(5)7-2;/h2*13-15H,5-12H2,1-4H3;/q;;+1. The molecule has 0 fully saturated rings. The number of hydrogen-bond donors (Lipinski definition) is 0. The predicted octanol–water partition coefficient (Wildman–Crippen LogP) is 10.8. The fourth-order valence-electron chi connectivity index (χ4n) is 6.67. The molecule has 0 amide bonds. The van der Waals surface area contributed by atoms with E-state index in [-0.39, 0.29) is 0 Å². The summed E-state index contributed by atoms with van der Waals surface area (Å²) in [4.78, 5) is 0. The van der Waals surface area contributed by atoms with Gasteiger partial charge in [0.1, 0.15) is 0 Å². The van der Waals surface area contributed by atoms with Crippen LogP contribution in [-0.4, -0.2) is 15.2 Å².